The largest absolute Gasteiger partial charge is 0.213 e. The van der Waals surface area contributed by atoms with E-state index in [2.05, 4.69) is 152 Å². The van der Waals surface area contributed by atoms with Crippen LogP contribution in [-0.2, 0) is 10.8 Å². The van der Waals surface area contributed by atoms with Crippen LogP contribution in [-0.4, -0.2) is 14.8 Å². The fraction of sp³-hybridized carbons (Fsp3) is 0.250. The molecule has 43 heavy (non-hydrogen) atoms. The minimum Gasteiger partial charge on any atom is -0.213 e. The molecule has 6 rings (SSSR count). The lowest BCUT2D eigenvalue weighted by Gasteiger charge is -2.21. The lowest BCUT2D eigenvalue weighted by Crippen LogP contribution is -2.10. The molecule has 2 aliphatic rings. The van der Waals surface area contributed by atoms with E-state index in [-0.39, 0.29) is 10.8 Å². The number of aryl methyl sites for hydroxylation is 1. The van der Waals surface area contributed by atoms with Gasteiger partial charge < -0.3 is 0 Å². The topological polar surface area (TPSA) is 30.7 Å². The number of hydrogen-bond acceptors (Lipinski definition) is 2. The average molecular weight is 564 g/mol. The molecule has 0 N–H and O–H groups in total. The maximum atomic E-state index is 4.96. The van der Waals surface area contributed by atoms with Crippen LogP contribution < -0.4 is 0 Å². The highest BCUT2D eigenvalue weighted by atomic mass is 15.3. The summed E-state index contributed by atoms with van der Waals surface area (Å²) in [5.74, 6) is 1.60. The summed E-state index contributed by atoms with van der Waals surface area (Å²) < 4.78 is 2.02. The molecule has 0 fully saturated rings. The molecule has 2 aliphatic carbocycles. The standard InChI is InChI=1S/C40H41N3/c1-26-36(29-14-19-31(20-15-29)39(3,4)5)24-33(25-37(26)30-16-21-32(22-17-30)40(6,7)8)43-38(41-27(2)42-43)35-23-18-28-12-10-9-11-13-34(28)35/h9-25H,1-8H3. The number of hydrogen-bond donors (Lipinski definition) is 0. The summed E-state index contributed by atoms with van der Waals surface area (Å²) in [5, 5.41) is 4.96. The molecule has 1 heterocycles. The Bertz CT molecular complexity index is 1800. The zero-order valence-corrected chi connectivity index (χ0v) is 26.7. The van der Waals surface area contributed by atoms with Gasteiger partial charge in [0.05, 0.1) is 5.69 Å². The van der Waals surface area contributed by atoms with Crippen molar-refractivity contribution in [2.75, 3.05) is 0 Å². The summed E-state index contributed by atoms with van der Waals surface area (Å²) in [6.07, 6.45) is 0. The Morgan fingerprint density at radius 3 is 1.53 bits per heavy atom. The summed E-state index contributed by atoms with van der Waals surface area (Å²) in [6, 6.07) is 37.5. The minimum absolute atomic E-state index is 0.0987. The molecule has 0 unspecified atom stereocenters. The Hall–Kier alpha value is -4.50. The van der Waals surface area contributed by atoms with Gasteiger partial charge in [0, 0.05) is 5.56 Å². The number of fused-ring (bicyclic) bond motifs is 1. The molecular weight excluding hydrogens is 522 g/mol. The quantitative estimate of drug-likeness (QED) is 0.214. The van der Waals surface area contributed by atoms with Gasteiger partial charge in [0.1, 0.15) is 5.82 Å². The fourth-order valence-electron chi connectivity index (χ4n) is 5.90. The smallest absolute Gasteiger partial charge is 0.164 e. The molecule has 3 heteroatoms. The lowest BCUT2D eigenvalue weighted by molar-refractivity contribution is 0.590. The van der Waals surface area contributed by atoms with Crippen molar-refractivity contribution in [3.05, 3.63) is 126 Å². The number of rotatable bonds is 4. The van der Waals surface area contributed by atoms with E-state index in [1.54, 1.807) is 0 Å². The molecule has 0 spiro atoms. The second-order valence-electron chi connectivity index (χ2n) is 13.7. The number of nitrogens with zero attached hydrogens (tertiary/aromatic N) is 3. The predicted octanol–water partition coefficient (Wildman–Crippen LogP) is 10.6. The summed E-state index contributed by atoms with van der Waals surface area (Å²) in [4.78, 5) is 4.96. The molecule has 0 bridgehead atoms. The van der Waals surface area contributed by atoms with Crippen molar-refractivity contribution in [1.82, 2.24) is 14.8 Å². The van der Waals surface area contributed by atoms with Gasteiger partial charge in [0.15, 0.2) is 5.82 Å². The van der Waals surface area contributed by atoms with Gasteiger partial charge in [-0.2, -0.15) is 5.10 Å². The zero-order chi connectivity index (χ0) is 30.5. The van der Waals surface area contributed by atoms with E-state index in [0.29, 0.717) is 0 Å². The Balaban J connectivity index is 1.56. The van der Waals surface area contributed by atoms with E-state index in [4.69, 9.17) is 10.1 Å². The first-order chi connectivity index (χ1) is 20.4. The third-order valence-electron chi connectivity index (χ3n) is 8.51. The SMILES string of the molecule is Cc1nc(-c2ccc3cccccc2-3)n(-c2cc(-c3ccc(C(C)(C)C)cc3)c(C)c(-c3ccc(C(C)(C)C)cc3)c2)n1. The first-order valence-electron chi connectivity index (χ1n) is 15.2. The van der Waals surface area contributed by atoms with Gasteiger partial charge in [-0.05, 0) is 92.9 Å². The van der Waals surface area contributed by atoms with Crippen LogP contribution >= 0.6 is 0 Å². The highest BCUT2D eigenvalue weighted by molar-refractivity contribution is 5.85. The number of benzene rings is 3. The third kappa shape index (κ3) is 5.52. The van der Waals surface area contributed by atoms with Gasteiger partial charge in [-0.3, -0.25) is 0 Å². The van der Waals surface area contributed by atoms with Crippen LogP contribution in [0.1, 0.15) is 64.1 Å². The molecule has 0 radical (unpaired) electrons. The highest BCUT2D eigenvalue weighted by Gasteiger charge is 2.21. The molecule has 3 aromatic carbocycles. The predicted molar refractivity (Wildman–Crippen MR) is 181 cm³/mol. The van der Waals surface area contributed by atoms with E-state index in [1.807, 2.05) is 11.6 Å². The van der Waals surface area contributed by atoms with Crippen molar-refractivity contribution >= 4 is 0 Å². The molecule has 0 saturated heterocycles. The second-order valence-corrected chi connectivity index (χ2v) is 13.7. The van der Waals surface area contributed by atoms with E-state index in [9.17, 15) is 0 Å². The van der Waals surface area contributed by atoms with Crippen LogP contribution in [0, 0.1) is 13.8 Å². The molecule has 216 valence electrons. The average Bonchev–Trinajstić information content (AvgIpc) is 3.46. The van der Waals surface area contributed by atoms with Crippen molar-refractivity contribution in [3.8, 4) is 50.5 Å². The molecule has 0 saturated carbocycles. The van der Waals surface area contributed by atoms with Gasteiger partial charge in [0.25, 0.3) is 0 Å². The van der Waals surface area contributed by atoms with Crippen LogP contribution in [0.25, 0.3) is 50.5 Å². The van der Waals surface area contributed by atoms with Crippen molar-refractivity contribution in [3.63, 3.8) is 0 Å². The highest BCUT2D eigenvalue weighted by Crippen LogP contribution is 2.39. The molecular formula is C40H41N3. The zero-order valence-electron chi connectivity index (χ0n) is 26.7. The van der Waals surface area contributed by atoms with Crippen LogP contribution in [0.5, 0.6) is 0 Å². The second kappa shape index (κ2) is 10.6. The number of aromatic nitrogens is 3. The van der Waals surface area contributed by atoms with Crippen molar-refractivity contribution in [1.29, 1.82) is 0 Å². The molecule has 0 amide bonds. The van der Waals surface area contributed by atoms with Gasteiger partial charge in [-0.1, -0.05) is 126 Å². The first kappa shape index (κ1) is 28.6. The van der Waals surface area contributed by atoms with Crippen LogP contribution in [0.2, 0.25) is 0 Å². The van der Waals surface area contributed by atoms with Crippen molar-refractivity contribution in [2.24, 2.45) is 0 Å². The maximum absolute atomic E-state index is 4.96. The summed E-state index contributed by atoms with van der Waals surface area (Å²) >= 11 is 0. The summed E-state index contributed by atoms with van der Waals surface area (Å²) in [5.41, 5.74) is 13.3. The molecule has 0 aliphatic heterocycles. The third-order valence-corrected chi connectivity index (χ3v) is 8.51. The van der Waals surface area contributed by atoms with E-state index in [0.717, 1.165) is 22.9 Å². The molecule has 4 aromatic rings. The van der Waals surface area contributed by atoms with Gasteiger partial charge in [-0.15, -0.1) is 0 Å². The minimum atomic E-state index is 0.0987. The first-order valence-corrected chi connectivity index (χ1v) is 15.2. The molecule has 1 aromatic heterocycles. The van der Waals surface area contributed by atoms with Gasteiger partial charge in [0.2, 0.25) is 0 Å². The maximum Gasteiger partial charge on any atom is 0.164 e. The van der Waals surface area contributed by atoms with Gasteiger partial charge in [-0.25, -0.2) is 9.67 Å². The summed E-state index contributed by atoms with van der Waals surface area (Å²) in [6.45, 7) is 17.8. The Morgan fingerprint density at radius 1 is 0.512 bits per heavy atom. The van der Waals surface area contributed by atoms with Gasteiger partial charge >= 0.3 is 0 Å². The van der Waals surface area contributed by atoms with Crippen LogP contribution in [0.15, 0.2) is 103 Å². The Labute approximate surface area is 256 Å². The van der Waals surface area contributed by atoms with Crippen molar-refractivity contribution in [2.45, 2.75) is 66.2 Å². The van der Waals surface area contributed by atoms with E-state index < -0.39 is 0 Å². The Kier molecular flexibility index (Phi) is 7.08. The summed E-state index contributed by atoms with van der Waals surface area (Å²) in [7, 11) is 0. The normalized spacial score (nSPS) is 12.2. The van der Waals surface area contributed by atoms with Crippen molar-refractivity contribution < 1.29 is 0 Å². The fourth-order valence-corrected chi connectivity index (χ4v) is 5.90. The van der Waals surface area contributed by atoms with E-state index >= 15 is 0 Å². The monoisotopic (exact) mass is 563 g/mol. The lowest BCUT2D eigenvalue weighted by atomic mass is 9.84. The molecule has 0 atom stereocenters. The molecule has 3 nitrogen and oxygen atoms in total. The van der Waals surface area contributed by atoms with Crippen LogP contribution in [0.3, 0.4) is 0 Å². The Morgan fingerprint density at radius 2 is 1.00 bits per heavy atom. The van der Waals surface area contributed by atoms with Crippen LogP contribution in [0.4, 0.5) is 0 Å². The van der Waals surface area contributed by atoms with E-state index in [1.165, 1.54) is 50.1 Å².